The summed E-state index contributed by atoms with van der Waals surface area (Å²) in [5.74, 6) is 0. The van der Waals surface area contributed by atoms with Crippen molar-refractivity contribution in [1.82, 2.24) is 15.2 Å². The van der Waals surface area contributed by atoms with Gasteiger partial charge in [-0.1, -0.05) is 11.6 Å². The van der Waals surface area contributed by atoms with E-state index in [0.29, 0.717) is 10.5 Å². The maximum atomic E-state index is 5.78. The number of rotatable bonds is 2. The summed E-state index contributed by atoms with van der Waals surface area (Å²) in [6.07, 6.45) is 1.87. The molecule has 1 aliphatic rings. The van der Waals surface area contributed by atoms with Gasteiger partial charge in [0.2, 0.25) is 0 Å². The molecule has 3 nitrogen and oxygen atoms in total. The zero-order valence-electron chi connectivity index (χ0n) is 8.57. The van der Waals surface area contributed by atoms with Gasteiger partial charge >= 0.3 is 0 Å². The number of piperazine rings is 1. The number of hydrogen-bond acceptors (Lipinski definition) is 4. The van der Waals surface area contributed by atoms with Crippen molar-refractivity contribution in [1.29, 1.82) is 0 Å². The zero-order chi connectivity index (χ0) is 9.97. The molecular weight excluding hydrogens is 253 g/mol. The Hall–Kier alpha value is 0.130. The molecule has 86 valence electrons. The number of thiazole rings is 1. The van der Waals surface area contributed by atoms with Crippen LogP contribution in [0, 0.1) is 0 Å². The molecule has 0 spiro atoms. The molecule has 6 heteroatoms. The summed E-state index contributed by atoms with van der Waals surface area (Å²) < 4.78 is 0.642. The summed E-state index contributed by atoms with van der Waals surface area (Å²) in [4.78, 5) is 7.73. The third-order valence-electron chi connectivity index (χ3n) is 2.36. The summed E-state index contributed by atoms with van der Waals surface area (Å²) >= 11 is 7.36. The highest BCUT2D eigenvalue weighted by molar-refractivity contribution is 7.15. The lowest BCUT2D eigenvalue weighted by molar-refractivity contribution is 0.201. The van der Waals surface area contributed by atoms with Crippen molar-refractivity contribution in [2.75, 3.05) is 19.6 Å². The van der Waals surface area contributed by atoms with Crippen LogP contribution in [0.15, 0.2) is 6.20 Å². The molecule has 2 rings (SSSR count). The van der Waals surface area contributed by atoms with Crippen molar-refractivity contribution in [2.24, 2.45) is 0 Å². The van der Waals surface area contributed by atoms with E-state index in [9.17, 15) is 0 Å². The van der Waals surface area contributed by atoms with Crippen LogP contribution in [-0.4, -0.2) is 35.6 Å². The summed E-state index contributed by atoms with van der Waals surface area (Å²) in [5.41, 5.74) is 0. The summed E-state index contributed by atoms with van der Waals surface area (Å²) in [6, 6.07) is 0.590. The molecule has 1 N–H and O–H groups in total. The molecule has 0 saturated carbocycles. The maximum Gasteiger partial charge on any atom is 0.183 e. The third-order valence-corrected chi connectivity index (χ3v) is 3.46. The van der Waals surface area contributed by atoms with Crippen molar-refractivity contribution in [2.45, 2.75) is 19.5 Å². The van der Waals surface area contributed by atoms with Gasteiger partial charge in [0.15, 0.2) is 4.47 Å². The van der Waals surface area contributed by atoms with Crippen LogP contribution in [0.1, 0.15) is 11.8 Å². The Morgan fingerprint density at radius 2 is 2.53 bits per heavy atom. The van der Waals surface area contributed by atoms with Gasteiger partial charge in [0, 0.05) is 43.3 Å². The van der Waals surface area contributed by atoms with Crippen LogP contribution in [0.2, 0.25) is 4.47 Å². The summed E-state index contributed by atoms with van der Waals surface area (Å²) in [6.45, 7) is 6.49. The van der Waals surface area contributed by atoms with Crippen LogP contribution in [0.3, 0.4) is 0 Å². The molecule has 0 aromatic carbocycles. The van der Waals surface area contributed by atoms with E-state index in [1.165, 1.54) is 4.88 Å². The normalized spacial score (nSPS) is 22.4. The molecule has 1 atom stereocenters. The minimum absolute atomic E-state index is 0. The monoisotopic (exact) mass is 267 g/mol. The van der Waals surface area contributed by atoms with Crippen molar-refractivity contribution >= 4 is 35.3 Å². The second kappa shape index (κ2) is 6.01. The van der Waals surface area contributed by atoms with Crippen LogP contribution >= 0.6 is 35.3 Å². The Morgan fingerprint density at radius 1 is 1.73 bits per heavy atom. The van der Waals surface area contributed by atoms with Gasteiger partial charge in [-0.05, 0) is 6.92 Å². The summed E-state index contributed by atoms with van der Waals surface area (Å²) in [7, 11) is 0. The topological polar surface area (TPSA) is 28.2 Å². The fourth-order valence-electron chi connectivity index (χ4n) is 1.73. The first-order valence-electron chi connectivity index (χ1n) is 4.80. The molecule has 0 bridgehead atoms. The molecule has 0 aliphatic carbocycles. The van der Waals surface area contributed by atoms with E-state index < -0.39 is 0 Å². The van der Waals surface area contributed by atoms with Crippen LogP contribution in [-0.2, 0) is 6.54 Å². The van der Waals surface area contributed by atoms with E-state index in [2.05, 4.69) is 22.1 Å². The molecular formula is C9H15Cl2N3S. The smallest absolute Gasteiger partial charge is 0.183 e. The predicted molar refractivity (Wildman–Crippen MR) is 67.1 cm³/mol. The van der Waals surface area contributed by atoms with Crippen LogP contribution in [0.25, 0.3) is 0 Å². The van der Waals surface area contributed by atoms with Crippen molar-refractivity contribution < 1.29 is 0 Å². The average molecular weight is 268 g/mol. The molecule has 1 aromatic heterocycles. The van der Waals surface area contributed by atoms with Crippen LogP contribution < -0.4 is 5.32 Å². The highest BCUT2D eigenvalue weighted by Crippen LogP contribution is 2.19. The predicted octanol–water partition coefficient (Wildman–Crippen LogP) is 2.01. The van der Waals surface area contributed by atoms with Gasteiger partial charge in [-0.25, -0.2) is 4.98 Å². The zero-order valence-corrected chi connectivity index (χ0v) is 11.0. The number of nitrogens with one attached hydrogen (secondary N) is 1. The lowest BCUT2D eigenvalue weighted by Crippen LogP contribution is -2.48. The highest BCUT2D eigenvalue weighted by atomic mass is 35.5. The minimum atomic E-state index is 0. The van der Waals surface area contributed by atoms with Crippen LogP contribution in [0.5, 0.6) is 0 Å². The van der Waals surface area contributed by atoms with Gasteiger partial charge < -0.3 is 5.32 Å². The number of nitrogens with zero attached hydrogens (tertiary/aromatic N) is 2. The molecule has 0 radical (unpaired) electrons. The molecule has 15 heavy (non-hydrogen) atoms. The molecule has 2 heterocycles. The van der Waals surface area contributed by atoms with E-state index >= 15 is 0 Å². The largest absolute Gasteiger partial charge is 0.312 e. The minimum Gasteiger partial charge on any atom is -0.312 e. The van der Waals surface area contributed by atoms with Gasteiger partial charge in [-0.2, -0.15) is 0 Å². The average Bonchev–Trinajstić information content (AvgIpc) is 2.51. The standard InChI is InChI=1S/C9H14ClN3S.ClH/c1-7-5-13(3-2-11-7)6-8-4-12-9(10)14-8;/h4,7,11H,2-3,5-6H2,1H3;1H. The van der Waals surface area contributed by atoms with Gasteiger partial charge in [0.1, 0.15) is 0 Å². The van der Waals surface area contributed by atoms with Crippen molar-refractivity contribution in [3.63, 3.8) is 0 Å². The fourth-order valence-corrected chi connectivity index (χ4v) is 2.75. The van der Waals surface area contributed by atoms with E-state index in [0.717, 1.165) is 26.2 Å². The van der Waals surface area contributed by atoms with E-state index in [1.54, 1.807) is 11.3 Å². The number of halogens is 2. The Balaban J connectivity index is 0.00000112. The fraction of sp³-hybridized carbons (Fsp3) is 0.667. The van der Waals surface area contributed by atoms with E-state index in [1.807, 2.05) is 6.20 Å². The number of hydrogen-bond donors (Lipinski definition) is 1. The van der Waals surface area contributed by atoms with Gasteiger partial charge in [-0.15, -0.1) is 23.7 Å². The molecule has 1 aliphatic heterocycles. The van der Waals surface area contributed by atoms with E-state index in [-0.39, 0.29) is 12.4 Å². The molecule has 1 fully saturated rings. The Morgan fingerprint density at radius 3 is 3.13 bits per heavy atom. The highest BCUT2D eigenvalue weighted by Gasteiger charge is 2.16. The lowest BCUT2D eigenvalue weighted by Gasteiger charge is -2.31. The van der Waals surface area contributed by atoms with E-state index in [4.69, 9.17) is 11.6 Å². The maximum absolute atomic E-state index is 5.78. The Labute approximate surface area is 105 Å². The van der Waals surface area contributed by atoms with Crippen LogP contribution in [0.4, 0.5) is 0 Å². The second-order valence-corrected chi connectivity index (χ2v) is 5.37. The third kappa shape index (κ3) is 3.89. The first-order chi connectivity index (χ1) is 6.74. The van der Waals surface area contributed by atoms with Gasteiger partial charge in [0.05, 0.1) is 0 Å². The van der Waals surface area contributed by atoms with Gasteiger partial charge in [0.25, 0.3) is 0 Å². The molecule has 1 unspecified atom stereocenters. The summed E-state index contributed by atoms with van der Waals surface area (Å²) in [5, 5.41) is 3.42. The first-order valence-corrected chi connectivity index (χ1v) is 5.99. The lowest BCUT2D eigenvalue weighted by atomic mass is 10.2. The number of aromatic nitrogens is 1. The van der Waals surface area contributed by atoms with Crippen molar-refractivity contribution in [3.8, 4) is 0 Å². The molecule has 0 amide bonds. The van der Waals surface area contributed by atoms with Gasteiger partial charge in [-0.3, -0.25) is 4.90 Å². The second-order valence-electron chi connectivity index (χ2n) is 3.67. The SMILES string of the molecule is CC1CN(Cc2cnc(Cl)s2)CCN1.Cl. The first kappa shape index (κ1) is 13.2. The molecule has 1 saturated heterocycles. The quantitative estimate of drug-likeness (QED) is 0.889. The molecule has 1 aromatic rings. The Bertz CT molecular complexity index is 305. The Kier molecular flexibility index (Phi) is 5.29. The van der Waals surface area contributed by atoms with Crippen molar-refractivity contribution in [3.05, 3.63) is 15.5 Å².